The maximum absolute atomic E-state index is 12.9. The molecular formula is C19H19BrN2O2. The van der Waals surface area contributed by atoms with Crippen LogP contribution in [0.2, 0.25) is 0 Å². The lowest BCUT2D eigenvalue weighted by molar-refractivity contribution is -0.118. The second-order valence-electron chi connectivity index (χ2n) is 6.20. The van der Waals surface area contributed by atoms with Crippen molar-refractivity contribution in [2.75, 3.05) is 10.6 Å². The van der Waals surface area contributed by atoms with Crippen molar-refractivity contribution in [1.29, 1.82) is 0 Å². The molecule has 3 rings (SSSR count). The Morgan fingerprint density at radius 2 is 1.58 bits per heavy atom. The van der Waals surface area contributed by atoms with Crippen molar-refractivity contribution in [3.63, 3.8) is 0 Å². The lowest BCUT2D eigenvalue weighted by Gasteiger charge is -2.18. The molecular weight excluding hydrogens is 368 g/mol. The highest BCUT2D eigenvalue weighted by Gasteiger charge is 2.51. The van der Waals surface area contributed by atoms with Gasteiger partial charge in [-0.15, -0.1) is 0 Å². The average Bonchev–Trinajstić information content (AvgIpc) is 3.33. The third kappa shape index (κ3) is 3.22. The molecule has 2 amide bonds. The molecule has 1 fully saturated rings. The van der Waals surface area contributed by atoms with Gasteiger partial charge in [0.05, 0.1) is 5.41 Å². The Morgan fingerprint density at radius 1 is 1.00 bits per heavy atom. The van der Waals surface area contributed by atoms with E-state index in [-0.39, 0.29) is 11.8 Å². The second-order valence-corrected chi connectivity index (χ2v) is 7.12. The summed E-state index contributed by atoms with van der Waals surface area (Å²) in [6, 6.07) is 13.4. The number of hydrogen-bond donors (Lipinski definition) is 2. The Labute approximate surface area is 149 Å². The number of amides is 2. The molecule has 2 N–H and O–H groups in total. The number of rotatable bonds is 4. The van der Waals surface area contributed by atoms with E-state index in [0.29, 0.717) is 5.69 Å². The van der Waals surface area contributed by atoms with Crippen LogP contribution < -0.4 is 10.6 Å². The zero-order valence-electron chi connectivity index (χ0n) is 13.7. The number of carbonyl (C=O) groups is 2. The maximum Gasteiger partial charge on any atom is 0.235 e. The van der Waals surface area contributed by atoms with Crippen LogP contribution >= 0.6 is 15.9 Å². The van der Waals surface area contributed by atoms with Crippen LogP contribution in [0.3, 0.4) is 0 Å². The molecule has 0 aliphatic heterocycles. The molecule has 0 atom stereocenters. The normalized spacial score (nSPS) is 14.8. The van der Waals surface area contributed by atoms with Gasteiger partial charge in [-0.1, -0.05) is 34.1 Å². The summed E-state index contributed by atoms with van der Waals surface area (Å²) in [4.78, 5) is 24.1. The molecule has 0 unspecified atom stereocenters. The zero-order chi connectivity index (χ0) is 17.3. The molecule has 5 heteroatoms. The molecule has 0 aromatic heterocycles. The van der Waals surface area contributed by atoms with E-state index in [1.807, 2.05) is 49.4 Å². The first kappa shape index (κ1) is 16.7. The van der Waals surface area contributed by atoms with E-state index in [1.165, 1.54) is 6.92 Å². The summed E-state index contributed by atoms with van der Waals surface area (Å²) < 4.78 is 1.00. The molecule has 0 spiro atoms. The Hall–Kier alpha value is -2.14. The van der Waals surface area contributed by atoms with Crippen LogP contribution in [0.15, 0.2) is 46.9 Å². The van der Waals surface area contributed by atoms with Crippen LogP contribution in [0.4, 0.5) is 11.4 Å². The van der Waals surface area contributed by atoms with Crippen molar-refractivity contribution in [2.24, 2.45) is 0 Å². The Balaban J connectivity index is 1.83. The smallest absolute Gasteiger partial charge is 0.235 e. The summed E-state index contributed by atoms with van der Waals surface area (Å²) in [6.45, 7) is 3.36. The maximum atomic E-state index is 12.9. The minimum atomic E-state index is -0.433. The summed E-state index contributed by atoms with van der Waals surface area (Å²) in [7, 11) is 0. The fraction of sp³-hybridized carbons (Fsp3) is 0.263. The quantitative estimate of drug-likeness (QED) is 0.818. The van der Waals surface area contributed by atoms with E-state index in [0.717, 1.165) is 34.1 Å². The summed E-state index contributed by atoms with van der Waals surface area (Å²) in [5, 5.41) is 5.82. The predicted octanol–water partition coefficient (Wildman–Crippen LogP) is 4.39. The highest BCUT2D eigenvalue weighted by atomic mass is 79.9. The minimum absolute atomic E-state index is 0.00731. The number of halogens is 1. The van der Waals surface area contributed by atoms with Crippen molar-refractivity contribution < 1.29 is 9.59 Å². The fourth-order valence-corrected chi connectivity index (χ4v) is 3.14. The van der Waals surface area contributed by atoms with Crippen molar-refractivity contribution >= 4 is 39.1 Å². The van der Waals surface area contributed by atoms with Crippen LogP contribution in [-0.4, -0.2) is 11.8 Å². The van der Waals surface area contributed by atoms with Gasteiger partial charge in [0.2, 0.25) is 11.8 Å². The molecule has 0 heterocycles. The Morgan fingerprint density at radius 3 is 2.12 bits per heavy atom. The predicted molar refractivity (Wildman–Crippen MR) is 99.2 cm³/mol. The summed E-state index contributed by atoms with van der Waals surface area (Å²) >= 11 is 3.43. The molecule has 2 aromatic carbocycles. The fourth-order valence-electron chi connectivity index (χ4n) is 2.88. The first-order valence-corrected chi connectivity index (χ1v) is 8.66. The highest BCUT2D eigenvalue weighted by molar-refractivity contribution is 9.10. The van der Waals surface area contributed by atoms with Gasteiger partial charge < -0.3 is 10.6 Å². The van der Waals surface area contributed by atoms with Gasteiger partial charge in [0.25, 0.3) is 0 Å². The molecule has 0 bridgehead atoms. The van der Waals surface area contributed by atoms with Crippen molar-refractivity contribution in [1.82, 2.24) is 0 Å². The number of carbonyl (C=O) groups excluding carboxylic acids is 2. The van der Waals surface area contributed by atoms with Crippen LogP contribution in [0.5, 0.6) is 0 Å². The van der Waals surface area contributed by atoms with Gasteiger partial charge >= 0.3 is 0 Å². The van der Waals surface area contributed by atoms with Gasteiger partial charge in [0.15, 0.2) is 0 Å². The van der Waals surface area contributed by atoms with Crippen LogP contribution in [0, 0.1) is 6.92 Å². The molecule has 1 aliphatic carbocycles. The van der Waals surface area contributed by atoms with Gasteiger partial charge in [-0.25, -0.2) is 0 Å². The highest BCUT2D eigenvalue weighted by Crippen LogP contribution is 2.49. The largest absolute Gasteiger partial charge is 0.326 e. The standard InChI is InChI=1S/C19H19BrN2O2/c1-12-16(21-13(2)23)4-3-5-17(12)22-18(24)19(10-11-19)14-6-8-15(20)9-7-14/h3-9H,10-11H2,1-2H3,(H,21,23)(H,22,24). The van der Waals surface area contributed by atoms with Gasteiger partial charge in [-0.3, -0.25) is 9.59 Å². The monoisotopic (exact) mass is 386 g/mol. The van der Waals surface area contributed by atoms with Crippen molar-refractivity contribution in [3.8, 4) is 0 Å². The third-order valence-electron chi connectivity index (χ3n) is 4.47. The first-order chi connectivity index (χ1) is 11.4. The number of anilines is 2. The molecule has 0 radical (unpaired) electrons. The van der Waals surface area contributed by atoms with Crippen molar-refractivity contribution in [2.45, 2.75) is 32.1 Å². The van der Waals surface area contributed by atoms with E-state index in [1.54, 1.807) is 0 Å². The molecule has 1 saturated carbocycles. The minimum Gasteiger partial charge on any atom is -0.326 e. The Bertz CT molecular complexity index is 796. The second kappa shape index (κ2) is 6.40. The SMILES string of the molecule is CC(=O)Nc1cccc(NC(=O)C2(c3ccc(Br)cc3)CC2)c1C. The average molecular weight is 387 g/mol. The molecule has 4 nitrogen and oxygen atoms in total. The van der Waals surface area contributed by atoms with E-state index in [2.05, 4.69) is 26.6 Å². The van der Waals surface area contributed by atoms with Gasteiger partial charge in [0.1, 0.15) is 0 Å². The molecule has 124 valence electrons. The van der Waals surface area contributed by atoms with Crippen LogP contribution in [0.25, 0.3) is 0 Å². The van der Waals surface area contributed by atoms with E-state index >= 15 is 0 Å². The first-order valence-electron chi connectivity index (χ1n) is 7.87. The topological polar surface area (TPSA) is 58.2 Å². The number of nitrogens with one attached hydrogen (secondary N) is 2. The molecule has 0 saturated heterocycles. The van der Waals surface area contributed by atoms with Gasteiger partial charge in [-0.2, -0.15) is 0 Å². The molecule has 2 aromatic rings. The van der Waals surface area contributed by atoms with E-state index < -0.39 is 5.41 Å². The summed E-state index contributed by atoms with van der Waals surface area (Å²) in [5.74, 6) is -0.122. The zero-order valence-corrected chi connectivity index (χ0v) is 15.2. The number of hydrogen-bond acceptors (Lipinski definition) is 2. The third-order valence-corrected chi connectivity index (χ3v) is 5.00. The molecule has 24 heavy (non-hydrogen) atoms. The summed E-state index contributed by atoms with van der Waals surface area (Å²) in [5.41, 5.74) is 2.91. The summed E-state index contributed by atoms with van der Waals surface area (Å²) in [6.07, 6.45) is 1.70. The van der Waals surface area contributed by atoms with Crippen molar-refractivity contribution in [3.05, 3.63) is 58.1 Å². The number of benzene rings is 2. The van der Waals surface area contributed by atoms with E-state index in [4.69, 9.17) is 0 Å². The lowest BCUT2D eigenvalue weighted by Crippen LogP contribution is -2.28. The van der Waals surface area contributed by atoms with E-state index in [9.17, 15) is 9.59 Å². The van der Waals surface area contributed by atoms with Gasteiger partial charge in [-0.05, 0) is 55.2 Å². The lowest BCUT2D eigenvalue weighted by atomic mass is 9.95. The van der Waals surface area contributed by atoms with Crippen LogP contribution in [0.1, 0.15) is 30.9 Å². The Kier molecular flexibility index (Phi) is 4.45. The van der Waals surface area contributed by atoms with Gasteiger partial charge in [0, 0.05) is 22.8 Å². The molecule has 1 aliphatic rings. The van der Waals surface area contributed by atoms with Crippen LogP contribution in [-0.2, 0) is 15.0 Å².